The quantitative estimate of drug-likeness (QED) is 0.297. The van der Waals surface area contributed by atoms with Crippen LogP contribution in [0.15, 0.2) is 48.5 Å². The minimum absolute atomic E-state index is 0.521. The van der Waals surface area contributed by atoms with Crippen LogP contribution in [0.5, 0.6) is 11.5 Å². The van der Waals surface area contributed by atoms with Crippen molar-refractivity contribution in [2.24, 2.45) is 0 Å². The van der Waals surface area contributed by atoms with E-state index in [4.69, 9.17) is 28.4 Å². The van der Waals surface area contributed by atoms with E-state index in [9.17, 15) is 0 Å². The Hall–Kier alpha value is -1.90. The van der Waals surface area contributed by atoms with Crippen LogP contribution in [0.25, 0.3) is 0 Å². The summed E-state index contributed by atoms with van der Waals surface area (Å²) in [5.74, 6) is 1.74. The summed E-state index contributed by atoms with van der Waals surface area (Å²) < 4.78 is 32.0. The summed E-state index contributed by atoms with van der Waals surface area (Å²) in [6.07, 6.45) is 0. The van der Waals surface area contributed by atoms with E-state index in [1.807, 2.05) is 24.3 Å². The number of hydrogen-bond acceptors (Lipinski definition) is 6. The third-order valence-corrected chi connectivity index (χ3v) is 5.87. The Morgan fingerprint density at radius 1 is 0.517 bits per heavy atom. The van der Waals surface area contributed by atoms with Gasteiger partial charge in [-0.1, -0.05) is 34.6 Å². The fourth-order valence-corrected chi connectivity index (χ4v) is 3.98. The van der Waals surface area contributed by atoms with Crippen molar-refractivity contribution in [3.8, 4) is 11.5 Å². The van der Waals surface area contributed by atoms with Crippen LogP contribution in [0.3, 0.4) is 0 Å². The van der Waals surface area contributed by atoms with Gasteiger partial charge in [0.05, 0.1) is 49.2 Å². The fraction of sp³-hybridized carbons (Fsp3) is 0.455. The molecule has 0 spiro atoms. The van der Waals surface area contributed by atoms with E-state index in [1.165, 1.54) is 10.4 Å². The maximum absolute atomic E-state index is 5.69. The van der Waals surface area contributed by atoms with Crippen LogP contribution in [0.1, 0.15) is 0 Å². The first-order chi connectivity index (χ1) is 14.3. The predicted molar refractivity (Wildman–Crippen MR) is 117 cm³/mol. The Bertz CT molecular complexity index is 590. The van der Waals surface area contributed by atoms with E-state index in [-0.39, 0.29) is 0 Å². The van der Waals surface area contributed by atoms with E-state index < -0.39 is 9.52 Å². The number of benzene rings is 2. The van der Waals surface area contributed by atoms with E-state index in [1.54, 1.807) is 14.2 Å². The van der Waals surface area contributed by atoms with Gasteiger partial charge in [-0.2, -0.15) is 0 Å². The summed E-state index contributed by atoms with van der Waals surface area (Å²) in [7, 11) is 2.80. The SMILES string of the molecule is COCCOCCOc1ccc([SiH2]c2ccc(OCCOCCOC)cc2)cc1. The second-order valence-electron chi connectivity index (χ2n) is 6.37. The molecule has 0 saturated carbocycles. The molecule has 0 atom stereocenters. The van der Waals surface area contributed by atoms with Crippen molar-refractivity contribution in [2.45, 2.75) is 0 Å². The second kappa shape index (κ2) is 15.0. The zero-order chi connectivity index (χ0) is 20.6. The third-order valence-electron chi connectivity index (χ3n) is 4.11. The highest BCUT2D eigenvalue weighted by atomic mass is 28.2. The monoisotopic (exact) mass is 420 g/mol. The lowest BCUT2D eigenvalue weighted by Crippen LogP contribution is -2.26. The van der Waals surface area contributed by atoms with Gasteiger partial charge in [0.25, 0.3) is 0 Å². The van der Waals surface area contributed by atoms with Gasteiger partial charge in [0.15, 0.2) is 0 Å². The molecule has 0 saturated heterocycles. The molecule has 2 aromatic rings. The van der Waals surface area contributed by atoms with Gasteiger partial charge in [-0.3, -0.25) is 0 Å². The second-order valence-corrected chi connectivity index (χ2v) is 8.36. The third kappa shape index (κ3) is 10.4. The number of ether oxygens (including phenoxy) is 6. The van der Waals surface area contributed by atoms with Gasteiger partial charge >= 0.3 is 0 Å². The molecular weight excluding hydrogens is 388 g/mol. The zero-order valence-corrected chi connectivity index (χ0v) is 18.8. The molecule has 2 rings (SSSR count). The molecule has 0 N–H and O–H groups in total. The maximum Gasteiger partial charge on any atom is 0.119 e. The van der Waals surface area contributed by atoms with Crippen LogP contribution in [-0.4, -0.2) is 76.6 Å². The van der Waals surface area contributed by atoms with Crippen molar-refractivity contribution in [2.75, 3.05) is 67.1 Å². The van der Waals surface area contributed by atoms with Crippen LogP contribution in [-0.2, 0) is 18.9 Å². The molecule has 0 bridgehead atoms. The number of methoxy groups -OCH3 is 2. The molecule has 0 aromatic heterocycles. The van der Waals surface area contributed by atoms with Gasteiger partial charge in [0.1, 0.15) is 24.7 Å². The highest BCUT2D eigenvalue weighted by Gasteiger charge is 2.01. The average Bonchev–Trinajstić information content (AvgIpc) is 2.75. The number of hydrogen-bond donors (Lipinski definition) is 0. The summed E-state index contributed by atoms with van der Waals surface area (Å²) in [6.45, 7) is 4.61. The molecule has 0 aliphatic rings. The van der Waals surface area contributed by atoms with Gasteiger partial charge in [0.2, 0.25) is 0 Å². The highest BCUT2D eigenvalue weighted by Crippen LogP contribution is 2.08. The predicted octanol–water partition coefficient (Wildman–Crippen LogP) is 0.890. The highest BCUT2D eigenvalue weighted by molar-refractivity contribution is 6.67. The fourth-order valence-electron chi connectivity index (χ4n) is 2.57. The van der Waals surface area contributed by atoms with E-state index >= 15 is 0 Å². The Labute approximate surface area is 175 Å². The Balaban J connectivity index is 1.66. The van der Waals surface area contributed by atoms with Crippen molar-refractivity contribution >= 4 is 19.9 Å². The molecule has 0 amide bonds. The van der Waals surface area contributed by atoms with Gasteiger partial charge in [0, 0.05) is 14.2 Å². The minimum Gasteiger partial charge on any atom is -0.491 e. The first-order valence-electron chi connectivity index (χ1n) is 9.88. The molecule has 0 aliphatic heterocycles. The Morgan fingerprint density at radius 3 is 1.28 bits per heavy atom. The summed E-state index contributed by atoms with van der Waals surface area (Å²) >= 11 is 0. The summed E-state index contributed by atoms with van der Waals surface area (Å²) in [5, 5.41) is 2.74. The van der Waals surface area contributed by atoms with Crippen molar-refractivity contribution in [1.29, 1.82) is 0 Å². The van der Waals surface area contributed by atoms with Crippen LogP contribution in [0.4, 0.5) is 0 Å². The molecule has 0 unspecified atom stereocenters. The lowest BCUT2D eigenvalue weighted by molar-refractivity contribution is 0.0544. The largest absolute Gasteiger partial charge is 0.491 e. The standard InChI is InChI=1S/C22H32O6Si/c1-23-11-13-25-15-17-27-19-3-7-21(8-4-19)29-22-9-5-20(6-10-22)28-18-16-26-14-12-24-2/h3-10H,11-18,29H2,1-2H3. The molecule has 0 radical (unpaired) electrons. The van der Waals surface area contributed by atoms with Crippen molar-refractivity contribution in [3.05, 3.63) is 48.5 Å². The first-order valence-corrected chi connectivity index (χ1v) is 11.3. The lowest BCUT2D eigenvalue weighted by Gasteiger charge is -2.09. The first kappa shape index (κ1) is 23.4. The maximum atomic E-state index is 5.69. The smallest absolute Gasteiger partial charge is 0.119 e. The normalized spacial score (nSPS) is 10.8. The van der Waals surface area contributed by atoms with Crippen LogP contribution >= 0.6 is 0 Å². The summed E-state index contributed by atoms with van der Waals surface area (Å²) in [5.41, 5.74) is 0. The molecule has 0 heterocycles. The van der Waals surface area contributed by atoms with Gasteiger partial charge < -0.3 is 28.4 Å². The van der Waals surface area contributed by atoms with Crippen LogP contribution in [0, 0.1) is 0 Å². The number of rotatable bonds is 16. The summed E-state index contributed by atoms with van der Waals surface area (Å²) in [4.78, 5) is 0. The molecule has 160 valence electrons. The molecule has 0 fully saturated rings. The Morgan fingerprint density at radius 2 is 0.897 bits per heavy atom. The molecular formula is C22H32O6Si. The lowest BCUT2D eigenvalue weighted by atomic mass is 10.3. The molecule has 7 heteroatoms. The van der Waals surface area contributed by atoms with Crippen molar-refractivity contribution < 1.29 is 28.4 Å². The molecule has 29 heavy (non-hydrogen) atoms. The zero-order valence-electron chi connectivity index (χ0n) is 17.4. The molecule has 0 aliphatic carbocycles. The average molecular weight is 421 g/mol. The van der Waals surface area contributed by atoms with E-state index in [2.05, 4.69) is 24.3 Å². The van der Waals surface area contributed by atoms with Gasteiger partial charge in [-0.25, -0.2) is 0 Å². The van der Waals surface area contributed by atoms with Crippen molar-refractivity contribution in [1.82, 2.24) is 0 Å². The minimum atomic E-state index is -0.521. The Kier molecular flexibility index (Phi) is 12.1. The van der Waals surface area contributed by atoms with Gasteiger partial charge in [-0.05, 0) is 24.3 Å². The topological polar surface area (TPSA) is 55.4 Å². The van der Waals surface area contributed by atoms with E-state index in [0.29, 0.717) is 52.9 Å². The summed E-state index contributed by atoms with van der Waals surface area (Å²) in [6, 6.07) is 16.7. The van der Waals surface area contributed by atoms with E-state index in [0.717, 1.165) is 11.5 Å². The van der Waals surface area contributed by atoms with Crippen molar-refractivity contribution in [3.63, 3.8) is 0 Å². The van der Waals surface area contributed by atoms with Crippen LogP contribution in [0.2, 0.25) is 0 Å². The van der Waals surface area contributed by atoms with Crippen LogP contribution < -0.4 is 19.8 Å². The molecule has 2 aromatic carbocycles. The van der Waals surface area contributed by atoms with Gasteiger partial charge in [-0.15, -0.1) is 0 Å². The molecule has 6 nitrogen and oxygen atoms in total.